The van der Waals surface area contributed by atoms with Crippen LogP contribution in [0.2, 0.25) is 0 Å². The molecule has 17 heavy (non-hydrogen) atoms. The van der Waals surface area contributed by atoms with E-state index < -0.39 is 0 Å². The fraction of sp³-hybridized carbons (Fsp3) is 0.571. The highest BCUT2D eigenvalue weighted by Crippen LogP contribution is 2.32. The number of ether oxygens (including phenoxy) is 1. The van der Waals surface area contributed by atoms with Gasteiger partial charge in [0, 0.05) is 24.0 Å². The Balaban J connectivity index is 2.19. The van der Waals surface area contributed by atoms with Crippen molar-refractivity contribution >= 4 is 0 Å². The van der Waals surface area contributed by atoms with E-state index in [4.69, 9.17) is 10.5 Å². The Labute approximate surface area is 102 Å². The summed E-state index contributed by atoms with van der Waals surface area (Å²) in [7, 11) is 0. The molecule has 0 saturated carbocycles. The lowest BCUT2D eigenvalue weighted by molar-refractivity contribution is 0.171. The van der Waals surface area contributed by atoms with Crippen molar-refractivity contribution in [3.05, 3.63) is 35.6 Å². The van der Waals surface area contributed by atoms with Crippen LogP contribution in [0.5, 0.6) is 0 Å². The first kappa shape index (κ1) is 12.5. The van der Waals surface area contributed by atoms with E-state index in [0.29, 0.717) is 5.92 Å². The molecule has 2 nitrogen and oxygen atoms in total. The molecule has 1 aromatic carbocycles. The van der Waals surface area contributed by atoms with E-state index in [1.807, 2.05) is 12.1 Å². The highest BCUT2D eigenvalue weighted by molar-refractivity contribution is 5.26. The van der Waals surface area contributed by atoms with E-state index >= 15 is 0 Å². The second kappa shape index (κ2) is 4.75. The summed E-state index contributed by atoms with van der Waals surface area (Å²) in [5.74, 6) is 0.192. The standard InChI is InChI=1S/C14H20FNO/c1-14(2,11-3-5-12(15)6-4-11)13(16)10-7-8-17-9-10/h3-6,10,13H,7-9,16H2,1-2H3. The zero-order chi connectivity index (χ0) is 12.5. The Kier molecular flexibility index (Phi) is 3.50. The minimum Gasteiger partial charge on any atom is -0.381 e. The quantitative estimate of drug-likeness (QED) is 0.876. The van der Waals surface area contributed by atoms with E-state index in [9.17, 15) is 4.39 Å². The van der Waals surface area contributed by atoms with Gasteiger partial charge in [-0.15, -0.1) is 0 Å². The first-order valence-electron chi connectivity index (χ1n) is 6.11. The maximum Gasteiger partial charge on any atom is 0.123 e. The maximum absolute atomic E-state index is 12.9. The lowest BCUT2D eigenvalue weighted by Gasteiger charge is -2.35. The number of halogens is 1. The van der Waals surface area contributed by atoms with Gasteiger partial charge < -0.3 is 10.5 Å². The fourth-order valence-corrected chi connectivity index (χ4v) is 2.50. The smallest absolute Gasteiger partial charge is 0.123 e. The van der Waals surface area contributed by atoms with Gasteiger partial charge >= 0.3 is 0 Å². The molecule has 1 fully saturated rings. The number of nitrogens with two attached hydrogens (primary N) is 1. The fourth-order valence-electron chi connectivity index (χ4n) is 2.50. The number of hydrogen-bond donors (Lipinski definition) is 1. The first-order chi connectivity index (χ1) is 8.01. The van der Waals surface area contributed by atoms with Crippen molar-refractivity contribution in [3.63, 3.8) is 0 Å². The highest BCUT2D eigenvalue weighted by Gasteiger charge is 2.35. The molecule has 0 spiro atoms. The number of rotatable bonds is 3. The van der Waals surface area contributed by atoms with Gasteiger partial charge in [-0.25, -0.2) is 4.39 Å². The predicted molar refractivity (Wildman–Crippen MR) is 66.3 cm³/mol. The van der Waals surface area contributed by atoms with Crippen molar-refractivity contribution in [3.8, 4) is 0 Å². The number of benzene rings is 1. The molecule has 1 aliphatic heterocycles. The van der Waals surface area contributed by atoms with Crippen LogP contribution in [-0.4, -0.2) is 19.3 Å². The second-order valence-electron chi connectivity index (χ2n) is 5.38. The summed E-state index contributed by atoms with van der Waals surface area (Å²) in [5, 5.41) is 0. The van der Waals surface area contributed by atoms with Crippen LogP contribution in [0.4, 0.5) is 4.39 Å². The summed E-state index contributed by atoms with van der Waals surface area (Å²) in [4.78, 5) is 0. The van der Waals surface area contributed by atoms with Gasteiger partial charge in [0.1, 0.15) is 5.82 Å². The van der Waals surface area contributed by atoms with Crippen LogP contribution in [-0.2, 0) is 10.2 Å². The molecule has 0 amide bonds. The van der Waals surface area contributed by atoms with Gasteiger partial charge in [0.25, 0.3) is 0 Å². The lowest BCUT2D eigenvalue weighted by Crippen LogP contribution is -2.46. The molecule has 3 heteroatoms. The van der Waals surface area contributed by atoms with E-state index in [-0.39, 0.29) is 17.3 Å². The van der Waals surface area contributed by atoms with Crippen LogP contribution < -0.4 is 5.73 Å². The topological polar surface area (TPSA) is 35.2 Å². The Bertz CT molecular complexity index is 368. The van der Waals surface area contributed by atoms with Crippen molar-refractivity contribution in [1.29, 1.82) is 0 Å². The zero-order valence-electron chi connectivity index (χ0n) is 10.4. The van der Waals surface area contributed by atoms with Gasteiger partial charge in [0.05, 0.1) is 6.61 Å². The monoisotopic (exact) mass is 237 g/mol. The Hall–Kier alpha value is -0.930. The summed E-state index contributed by atoms with van der Waals surface area (Å²) < 4.78 is 18.3. The third-order valence-corrected chi connectivity index (χ3v) is 3.89. The molecule has 0 radical (unpaired) electrons. The van der Waals surface area contributed by atoms with Crippen LogP contribution in [0.3, 0.4) is 0 Å². The van der Waals surface area contributed by atoms with E-state index in [0.717, 1.165) is 25.2 Å². The van der Waals surface area contributed by atoms with Crippen LogP contribution >= 0.6 is 0 Å². The molecular formula is C14H20FNO. The van der Waals surface area contributed by atoms with Crippen molar-refractivity contribution in [1.82, 2.24) is 0 Å². The Morgan fingerprint density at radius 2 is 2.00 bits per heavy atom. The molecule has 2 atom stereocenters. The molecule has 0 aliphatic carbocycles. The van der Waals surface area contributed by atoms with Gasteiger partial charge in [0.15, 0.2) is 0 Å². The van der Waals surface area contributed by atoms with Crippen LogP contribution in [0.1, 0.15) is 25.8 Å². The molecule has 2 rings (SSSR count). The van der Waals surface area contributed by atoms with Crippen molar-refractivity contribution < 1.29 is 9.13 Å². The molecule has 1 aliphatic rings. The largest absolute Gasteiger partial charge is 0.381 e. The van der Waals surface area contributed by atoms with E-state index in [1.54, 1.807) is 0 Å². The average Bonchev–Trinajstić information content (AvgIpc) is 2.82. The summed E-state index contributed by atoms with van der Waals surface area (Å²) >= 11 is 0. The minimum atomic E-state index is -0.206. The molecule has 1 saturated heterocycles. The SMILES string of the molecule is CC(C)(c1ccc(F)cc1)C(N)C1CCOC1. The molecule has 0 aromatic heterocycles. The Morgan fingerprint density at radius 3 is 2.53 bits per heavy atom. The lowest BCUT2D eigenvalue weighted by atomic mass is 9.73. The Morgan fingerprint density at radius 1 is 1.35 bits per heavy atom. The van der Waals surface area contributed by atoms with Gasteiger partial charge in [-0.3, -0.25) is 0 Å². The van der Waals surface area contributed by atoms with Gasteiger partial charge in [0.2, 0.25) is 0 Å². The summed E-state index contributed by atoms with van der Waals surface area (Å²) in [6.07, 6.45) is 1.02. The molecule has 1 aromatic rings. The summed E-state index contributed by atoms with van der Waals surface area (Å²) in [6.45, 7) is 5.77. The summed E-state index contributed by atoms with van der Waals surface area (Å²) in [6, 6.07) is 6.68. The van der Waals surface area contributed by atoms with E-state index in [1.165, 1.54) is 12.1 Å². The van der Waals surface area contributed by atoms with Crippen LogP contribution in [0.15, 0.2) is 24.3 Å². The molecule has 2 unspecified atom stereocenters. The zero-order valence-corrected chi connectivity index (χ0v) is 10.4. The van der Waals surface area contributed by atoms with Crippen molar-refractivity contribution in [2.24, 2.45) is 11.7 Å². The second-order valence-corrected chi connectivity index (χ2v) is 5.38. The van der Waals surface area contributed by atoms with E-state index in [2.05, 4.69) is 13.8 Å². The molecule has 1 heterocycles. The van der Waals surface area contributed by atoms with Crippen LogP contribution in [0.25, 0.3) is 0 Å². The third-order valence-electron chi connectivity index (χ3n) is 3.89. The molecular weight excluding hydrogens is 217 g/mol. The minimum absolute atomic E-state index is 0.0375. The van der Waals surface area contributed by atoms with Gasteiger partial charge in [-0.2, -0.15) is 0 Å². The molecule has 94 valence electrons. The van der Waals surface area contributed by atoms with Gasteiger partial charge in [-0.05, 0) is 24.1 Å². The highest BCUT2D eigenvalue weighted by atomic mass is 19.1. The first-order valence-corrected chi connectivity index (χ1v) is 6.11. The maximum atomic E-state index is 12.9. The summed E-state index contributed by atoms with van der Waals surface area (Å²) in [5.41, 5.74) is 7.27. The number of hydrogen-bond acceptors (Lipinski definition) is 2. The van der Waals surface area contributed by atoms with Crippen molar-refractivity contribution in [2.75, 3.05) is 13.2 Å². The van der Waals surface area contributed by atoms with Gasteiger partial charge in [-0.1, -0.05) is 26.0 Å². The normalized spacial score (nSPS) is 22.7. The average molecular weight is 237 g/mol. The molecule has 0 bridgehead atoms. The predicted octanol–water partition coefficient (Wildman–Crippen LogP) is 2.47. The molecule has 2 N–H and O–H groups in total. The van der Waals surface area contributed by atoms with Crippen LogP contribution in [0, 0.1) is 11.7 Å². The van der Waals surface area contributed by atoms with Crippen molar-refractivity contribution in [2.45, 2.75) is 31.7 Å². The third kappa shape index (κ3) is 2.50.